The Hall–Kier alpha value is -1.81. The second-order valence-electron chi connectivity index (χ2n) is 5.36. The van der Waals surface area contributed by atoms with Crippen LogP contribution in [-0.4, -0.2) is 12.0 Å². The Labute approximate surface area is 138 Å². The third-order valence-electron chi connectivity index (χ3n) is 4.10. The number of hydrazine groups is 1. The lowest BCUT2D eigenvalue weighted by molar-refractivity contribution is 0.736. The van der Waals surface area contributed by atoms with Crippen LogP contribution in [0, 0.1) is 0 Å². The molecule has 0 fully saturated rings. The lowest BCUT2D eigenvalue weighted by atomic mass is 9.95. The first-order chi connectivity index (χ1) is 10.6. The van der Waals surface area contributed by atoms with Crippen LogP contribution in [0.4, 0.5) is 5.69 Å². The van der Waals surface area contributed by atoms with E-state index in [1.54, 1.807) is 6.07 Å². The number of pyridine rings is 1. The van der Waals surface area contributed by atoms with E-state index in [0.717, 1.165) is 34.1 Å². The number of fused-ring (bicyclic) bond motifs is 3. The van der Waals surface area contributed by atoms with E-state index in [-0.39, 0.29) is 0 Å². The van der Waals surface area contributed by atoms with Crippen molar-refractivity contribution in [3.63, 3.8) is 0 Å². The summed E-state index contributed by atoms with van der Waals surface area (Å²) in [5.41, 5.74) is 7.82. The van der Waals surface area contributed by atoms with Crippen molar-refractivity contribution in [2.24, 2.45) is 0 Å². The molecule has 1 aromatic heterocycles. The fourth-order valence-corrected chi connectivity index (χ4v) is 3.52. The number of aromatic nitrogens is 1. The molecule has 0 saturated heterocycles. The highest BCUT2D eigenvalue weighted by Gasteiger charge is 2.21. The summed E-state index contributed by atoms with van der Waals surface area (Å²) in [7, 11) is 2.02. The fourth-order valence-electron chi connectivity index (χ4n) is 3.01. The molecule has 2 heterocycles. The number of anilines is 1. The van der Waals surface area contributed by atoms with Crippen molar-refractivity contribution in [1.29, 1.82) is 0 Å². The minimum absolute atomic E-state index is 0.639. The quantitative estimate of drug-likeness (QED) is 0.703. The summed E-state index contributed by atoms with van der Waals surface area (Å²) >= 11 is 12.4. The van der Waals surface area contributed by atoms with Gasteiger partial charge in [-0.15, -0.1) is 0 Å². The molecule has 5 heteroatoms. The van der Waals surface area contributed by atoms with Crippen molar-refractivity contribution < 1.29 is 0 Å². The summed E-state index contributed by atoms with van der Waals surface area (Å²) in [6.45, 7) is 0.808. The zero-order valence-electron chi connectivity index (χ0n) is 11.9. The highest BCUT2D eigenvalue weighted by molar-refractivity contribution is 6.36. The van der Waals surface area contributed by atoms with Crippen molar-refractivity contribution in [2.75, 3.05) is 12.1 Å². The second kappa shape index (κ2) is 5.13. The maximum atomic E-state index is 6.42. The van der Waals surface area contributed by atoms with Crippen LogP contribution in [0.1, 0.15) is 5.56 Å². The van der Waals surface area contributed by atoms with Crippen LogP contribution in [0.3, 0.4) is 0 Å². The Morgan fingerprint density at radius 3 is 2.77 bits per heavy atom. The number of nitrogens with one attached hydrogen (secondary N) is 1. The van der Waals surface area contributed by atoms with E-state index < -0.39 is 0 Å². The van der Waals surface area contributed by atoms with Gasteiger partial charge >= 0.3 is 0 Å². The van der Waals surface area contributed by atoms with E-state index in [9.17, 15) is 0 Å². The second-order valence-corrected chi connectivity index (χ2v) is 6.20. The number of halogens is 2. The zero-order valence-corrected chi connectivity index (χ0v) is 13.4. The molecule has 0 radical (unpaired) electrons. The first-order valence-electron chi connectivity index (χ1n) is 6.97. The molecule has 3 nitrogen and oxygen atoms in total. The summed E-state index contributed by atoms with van der Waals surface area (Å²) in [6.07, 6.45) is 3.73. The molecule has 0 aliphatic carbocycles. The molecule has 110 valence electrons. The Balaban J connectivity index is 2.08. The number of hydrogen-bond donors (Lipinski definition) is 1. The van der Waals surface area contributed by atoms with Crippen LogP contribution in [-0.2, 0) is 6.54 Å². The van der Waals surface area contributed by atoms with Crippen LogP contribution < -0.4 is 10.4 Å². The van der Waals surface area contributed by atoms with Gasteiger partial charge in [-0.1, -0.05) is 29.3 Å². The molecule has 0 saturated carbocycles. The van der Waals surface area contributed by atoms with Crippen molar-refractivity contribution in [1.82, 2.24) is 10.4 Å². The third-order valence-corrected chi connectivity index (χ3v) is 4.65. The molecular formula is C17H13Cl2N3. The summed E-state index contributed by atoms with van der Waals surface area (Å²) in [4.78, 5) is 4.29. The van der Waals surface area contributed by atoms with Crippen molar-refractivity contribution in [3.8, 4) is 11.1 Å². The molecule has 3 aromatic rings. The predicted octanol–water partition coefficient (Wildman–Crippen LogP) is 4.66. The first kappa shape index (κ1) is 13.8. The summed E-state index contributed by atoms with van der Waals surface area (Å²) in [5, 5.41) is 5.63. The average Bonchev–Trinajstić information content (AvgIpc) is 2.88. The van der Waals surface area contributed by atoms with Crippen LogP contribution >= 0.6 is 23.2 Å². The van der Waals surface area contributed by atoms with Crippen LogP contribution in [0.5, 0.6) is 0 Å². The molecule has 1 aliphatic rings. The van der Waals surface area contributed by atoms with Crippen molar-refractivity contribution in [3.05, 3.63) is 58.3 Å². The fraction of sp³-hybridized carbons (Fsp3) is 0.118. The molecule has 0 amide bonds. The van der Waals surface area contributed by atoms with E-state index >= 15 is 0 Å². The van der Waals surface area contributed by atoms with Gasteiger partial charge in [-0.2, -0.15) is 0 Å². The van der Waals surface area contributed by atoms with Gasteiger partial charge in [0.05, 0.1) is 5.69 Å². The average molecular weight is 330 g/mol. The minimum atomic E-state index is 0.639. The molecule has 22 heavy (non-hydrogen) atoms. The first-order valence-corrected chi connectivity index (χ1v) is 7.73. The maximum absolute atomic E-state index is 6.42. The lowest BCUT2D eigenvalue weighted by Crippen LogP contribution is -2.26. The van der Waals surface area contributed by atoms with Crippen LogP contribution in [0.2, 0.25) is 10.0 Å². The van der Waals surface area contributed by atoms with Crippen LogP contribution in [0.25, 0.3) is 21.9 Å². The van der Waals surface area contributed by atoms with E-state index in [1.165, 1.54) is 5.56 Å². The van der Waals surface area contributed by atoms with Gasteiger partial charge < -0.3 is 5.01 Å². The molecule has 0 bridgehead atoms. The number of rotatable bonds is 1. The van der Waals surface area contributed by atoms with Gasteiger partial charge in [-0.25, -0.2) is 5.43 Å². The Morgan fingerprint density at radius 2 is 1.95 bits per heavy atom. The van der Waals surface area contributed by atoms with Gasteiger partial charge in [0.25, 0.3) is 0 Å². The summed E-state index contributed by atoms with van der Waals surface area (Å²) in [6, 6.07) is 9.82. The van der Waals surface area contributed by atoms with Gasteiger partial charge in [0.1, 0.15) is 0 Å². The largest absolute Gasteiger partial charge is 0.311 e. The monoisotopic (exact) mass is 329 g/mol. The highest BCUT2D eigenvalue weighted by atomic mass is 35.5. The summed E-state index contributed by atoms with van der Waals surface area (Å²) in [5.74, 6) is 0. The molecule has 0 unspecified atom stereocenters. The SMILES string of the molecule is CN1NCc2c1cc(-c1ccc(Cl)cc1Cl)c1ccncc21. The topological polar surface area (TPSA) is 28.2 Å². The van der Waals surface area contributed by atoms with Gasteiger partial charge in [-0.3, -0.25) is 4.98 Å². The predicted molar refractivity (Wildman–Crippen MR) is 92.4 cm³/mol. The van der Waals surface area contributed by atoms with Crippen molar-refractivity contribution in [2.45, 2.75) is 6.54 Å². The maximum Gasteiger partial charge on any atom is 0.0575 e. The zero-order chi connectivity index (χ0) is 15.3. The molecule has 0 atom stereocenters. The van der Waals surface area contributed by atoms with E-state index in [2.05, 4.69) is 16.5 Å². The van der Waals surface area contributed by atoms with Gasteiger partial charge in [0, 0.05) is 52.5 Å². The lowest BCUT2D eigenvalue weighted by Gasteiger charge is -2.16. The van der Waals surface area contributed by atoms with E-state index in [1.807, 2.05) is 42.6 Å². The van der Waals surface area contributed by atoms with Gasteiger partial charge in [0.2, 0.25) is 0 Å². The molecule has 1 aliphatic heterocycles. The number of hydrogen-bond acceptors (Lipinski definition) is 3. The number of nitrogens with zero attached hydrogens (tertiary/aromatic N) is 2. The van der Waals surface area contributed by atoms with Gasteiger partial charge in [-0.05, 0) is 35.2 Å². The van der Waals surface area contributed by atoms with Gasteiger partial charge in [0.15, 0.2) is 0 Å². The Morgan fingerprint density at radius 1 is 1.09 bits per heavy atom. The van der Waals surface area contributed by atoms with E-state index in [0.29, 0.717) is 10.0 Å². The molecule has 1 N–H and O–H groups in total. The molecular weight excluding hydrogens is 317 g/mol. The molecule has 0 spiro atoms. The smallest absolute Gasteiger partial charge is 0.0575 e. The van der Waals surface area contributed by atoms with Crippen molar-refractivity contribution >= 4 is 39.7 Å². The third kappa shape index (κ3) is 2.05. The van der Waals surface area contributed by atoms with E-state index in [4.69, 9.17) is 23.2 Å². The molecule has 2 aromatic carbocycles. The standard InChI is InChI=1S/C17H13Cl2N3/c1-22-17-7-13(12-3-2-10(18)6-16(12)19)11-4-5-20-8-14(11)15(17)9-21-22/h2-8,21H,9H2,1H3. The Kier molecular flexibility index (Phi) is 3.22. The molecule has 4 rings (SSSR count). The van der Waals surface area contributed by atoms with Crippen LogP contribution in [0.15, 0.2) is 42.7 Å². The number of benzene rings is 2. The highest BCUT2D eigenvalue weighted by Crippen LogP contribution is 2.41. The summed E-state index contributed by atoms with van der Waals surface area (Å²) < 4.78 is 0. The normalized spacial score (nSPS) is 13.7. The Bertz CT molecular complexity index is 892. The minimum Gasteiger partial charge on any atom is -0.311 e.